The number of carbonyl (C=O) groups excluding carboxylic acids is 1. The van der Waals surface area contributed by atoms with Crippen LogP contribution in [-0.4, -0.2) is 18.1 Å². The Morgan fingerprint density at radius 3 is 2.74 bits per heavy atom. The van der Waals surface area contributed by atoms with E-state index in [1.54, 1.807) is 12.1 Å². The molecule has 1 rings (SSSR count). The van der Waals surface area contributed by atoms with Gasteiger partial charge in [-0.1, -0.05) is 6.07 Å². The summed E-state index contributed by atoms with van der Waals surface area (Å²) in [7, 11) is 0. The molecule has 0 unspecified atom stereocenters. The highest BCUT2D eigenvalue weighted by atomic mass is 79.9. The molecule has 0 heterocycles. The van der Waals surface area contributed by atoms with E-state index in [0.29, 0.717) is 29.5 Å². The summed E-state index contributed by atoms with van der Waals surface area (Å²) >= 11 is 3.17. The predicted molar refractivity (Wildman–Crippen MR) is 77.7 cm³/mol. The van der Waals surface area contributed by atoms with Crippen LogP contribution >= 0.6 is 15.9 Å². The molecule has 3 nitrogen and oxygen atoms in total. The number of esters is 1. The number of carbonyl (C=O) groups is 1. The molecular formula is C14H19BrFNO2. The molecule has 1 aromatic rings. The fraction of sp³-hybridized carbons (Fsp3) is 0.500. The topological polar surface area (TPSA) is 38.3 Å². The SMILES string of the molecule is CC(C)(C)OC(=O)CCCNc1cccc(F)c1Br. The molecule has 0 amide bonds. The van der Waals surface area contributed by atoms with Crippen molar-refractivity contribution in [3.63, 3.8) is 0 Å². The van der Waals surface area contributed by atoms with E-state index in [9.17, 15) is 9.18 Å². The highest BCUT2D eigenvalue weighted by Gasteiger charge is 2.15. The molecule has 5 heteroatoms. The first-order chi connectivity index (χ1) is 8.79. The van der Waals surface area contributed by atoms with E-state index in [1.807, 2.05) is 20.8 Å². The summed E-state index contributed by atoms with van der Waals surface area (Å²) in [5.74, 6) is -0.523. The third kappa shape index (κ3) is 6.05. The van der Waals surface area contributed by atoms with Crippen LogP contribution in [0.3, 0.4) is 0 Å². The largest absolute Gasteiger partial charge is 0.460 e. The zero-order valence-corrected chi connectivity index (χ0v) is 13.0. The van der Waals surface area contributed by atoms with Gasteiger partial charge in [-0.05, 0) is 55.3 Å². The number of benzene rings is 1. The van der Waals surface area contributed by atoms with Crippen LogP contribution in [0.5, 0.6) is 0 Å². The summed E-state index contributed by atoms with van der Waals surface area (Å²) < 4.78 is 18.8. The maximum absolute atomic E-state index is 13.2. The second-order valence-corrected chi connectivity index (χ2v) is 6.01. The number of hydrogen-bond acceptors (Lipinski definition) is 3. The molecule has 0 aliphatic rings. The van der Waals surface area contributed by atoms with Gasteiger partial charge in [-0.3, -0.25) is 4.79 Å². The van der Waals surface area contributed by atoms with Crippen LogP contribution in [0, 0.1) is 5.82 Å². The fourth-order valence-electron chi connectivity index (χ4n) is 1.49. The maximum atomic E-state index is 13.2. The van der Waals surface area contributed by atoms with Gasteiger partial charge >= 0.3 is 5.97 Å². The average molecular weight is 332 g/mol. The molecule has 0 aliphatic carbocycles. The quantitative estimate of drug-likeness (QED) is 0.651. The number of ether oxygens (including phenoxy) is 1. The van der Waals surface area contributed by atoms with Gasteiger partial charge in [-0.2, -0.15) is 0 Å². The third-order valence-corrected chi connectivity index (χ3v) is 3.05. The number of anilines is 1. The summed E-state index contributed by atoms with van der Waals surface area (Å²) in [5.41, 5.74) is 0.236. The van der Waals surface area contributed by atoms with Crippen molar-refractivity contribution in [3.05, 3.63) is 28.5 Å². The molecule has 106 valence electrons. The zero-order chi connectivity index (χ0) is 14.5. The molecular weight excluding hydrogens is 313 g/mol. The fourth-order valence-corrected chi connectivity index (χ4v) is 1.89. The third-order valence-electron chi connectivity index (χ3n) is 2.24. The Morgan fingerprint density at radius 2 is 2.11 bits per heavy atom. The van der Waals surface area contributed by atoms with Gasteiger partial charge in [0.15, 0.2) is 0 Å². The summed E-state index contributed by atoms with van der Waals surface area (Å²) in [5, 5.41) is 3.08. The van der Waals surface area contributed by atoms with E-state index in [1.165, 1.54) is 6.07 Å². The monoisotopic (exact) mass is 331 g/mol. The van der Waals surface area contributed by atoms with Crippen molar-refractivity contribution in [2.24, 2.45) is 0 Å². The molecule has 0 spiro atoms. The van der Waals surface area contributed by atoms with Crippen LogP contribution in [0.15, 0.2) is 22.7 Å². The minimum absolute atomic E-state index is 0.215. The van der Waals surface area contributed by atoms with Gasteiger partial charge in [0.25, 0.3) is 0 Å². The Balaban J connectivity index is 2.32. The van der Waals surface area contributed by atoms with Crippen LogP contribution in [0.2, 0.25) is 0 Å². The van der Waals surface area contributed by atoms with E-state index < -0.39 is 5.60 Å². The lowest BCUT2D eigenvalue weighted by molar-refractivity contribution is -0.154. The average Bonchev–Trinajstić information content (AvgIpc) is 2.27. The van der Waals surface area contributed by atoms with E-state index >= 15 is 0 Å². The van der Waals surface area contributed by atoms with Crippen molar-refractivity contribution in [1.29, 1.82) is 0 Å². The lowest BCUT2D eigenvalue weighted by atomic mass is 10.2. The van der Waals surface area contributed by atoms with Crippen LogP contribution in [0.1, 0.15) is 33.6 Å². The van der Waals surface area contributed by atoms with Gasteiger partial charge in [0.2, 0.25) is 0 Å². The predicted octanol–water partition coefficient (Wildman–Crippen LogP) is 4.12. The Labute approximate surface area is 121 Å². The molecule has 0 radical (unpaired) electrons. The highest BCUT2D eigenvalue weighted by Crippen LogP contribution is 2.24. The number of nitrogens with one attached hydrogen (secondary N) is 1. The van der Waals surface area contributed by atoms with Crippen molar-refractivity contribution in [1.82, 2.24) is 0 Å². The summed E-state index contributed by atoms with van der Waals surface area (Å²) in [4.78, 5) is 11.5. The van der Waals surface area contributed by atoms with Gasteiger partial charge < -0.3 is 10.1 Å². The highest BCUT2D eigenvalue weighted by molar-refractivity contribution is 9.10. The zero-order valence-electron chi connectivity index (χ0n) is 11.4. The molecule has 19 heavy (non-hydrogen) atoms. The molecule has 0 saturated carbocycles. The number of halogens is 2. The second kappa shape index (κ2) is 6.89. The molecule has 0 aromatic heterocycles. The lowest BCUT2D eigenvalue weighted by Crippen LogP contribution is -2.24. The normalized spacial score (nSPS) is 11.2. The first kappa shape index (κ1) is 16.0. The molecule has 0 saturated heterocycles. The van der Waals surface area contributed by atoms with E-state index in [0.717, 1.165) is 0 Å². The Hall–Kier alpha value is -1.10. The minimum atomic E-state index is -0.448. The standard InChI is InChI=1S/C14H19BrFNO2/c1-14(2,3)19-12(18)8-5-9-17-11-7-4-6-10(16)13(11)15/h4,6-7,17H,5,8-9H2,1-3H3. The molecule has 1 aromatic carbocycles. The number of hydrogen-bond donors (Lipinski definition) is 1. The summed E-state index contributed by atoms with van der Waals surface area (Å²) in [6.07, 6.45) is 0.981. The minimum Gasteiger partial charge on any atom is -0.460 e. The van der Waals surface area contributed by atoms with Gasteiger partial charge in [-0.25, -0.2) is 4.39 Å². The number of rotatable bonds is 5. The summed E-state index contributed by atoms with van der Waals surface area (Å²) in [6, 6.07) is 4.80. The van der Waals surface area contributed by atoms with E-state index in [2.05, 4.69) is 21.2 Å². The van der Waals surface area contributed by atoms with Crippen LogP contribution in [0.4, 0.5) is 10.1 Å². The van der Waals surface area contributed by atoms with E-state index in [-0.39, 0.29) is 11.8 Å². The molecule has 0 aliphatic heterocycles. The molecule has 1 N–H and O–H groups in total. The Morgan fingerprint density at radius 1 is 1.42 bits per heavy atom. The maximum Gasteiger partial charge on any atom is 0.306 e. The first-order valence-corrected chi connectivity index (χ1v) is 6.98. The Bertz CT molecular complexity index is 444. The van der Waals surface area contributed by atoms with Gasteiger partial charge in [0, 0.05) is 13.0 Å². The van der Waals surface area contributed by atoms with Crippen LogP contribution in [0.25, 0.3) is 0 Å². The van der Waals surface area contributed by atoms with Gasteiger partial charge in [0.05, 0.1) is 10.2 Å². The van der Waals surface area contributed by atoms with Gasteiger partial charge in [0.1, 0.15) is 11.4 Å². The van der Waals surface area contributed by atoms with Crippen molar-refractivity contribution in [2.45, 2.75) is 39.2 Å². The van der Waals surface area contributed by atoms with Gasteiger partial charge in [-0.15, -0.1) is 0 Å². The second-order valence-electron chi connectivity index (χ2n) is 5.22. The van der Waals surface area contributed by atoms with Crippen molar-refractivity contribution in [3.8, 4) is 0 Å². The van der Waals surface area contributed by atoms with Crippen LogP contribution in [-0.2, 0) is 9.53 Å². The molecule has 0 bridgehead atoms. The smallest absolute Gasteiger partial charge is 0.306 e. The lowest BCUT2D eigenvalue weighted by Gasteiger charge is -2.19. The van der Waals surface area contributed by atoms with E-state index in [4.69, 9.17) is 4.74 Å². The van der Waals surface area contributed by atoms with Crippen molar-refractivity contribution in [2.75, 3.05) is 11.9 Å². The molecule has 0 fully saturated rings. The first-order valence-electron chi connectivity index (χ1n) is 6.19. The molecule has 0 atom stereocenters. The summed E-state index contributed by atoms with van der Waals surface area (Å²) in [6.45, 7) is 6.11. The van der Waals surface area contributed by atoms with Crippen LogP contribution < -0.4 is 5.32 Å². The Kier molecular flexibility index (Phi) is 5.79. The van der Waals surface area contributed by atoms with Crippen molar-refractivity contribution < 1.29 is 13.9 Å². The van der Waals surface area contributed by atoms with Crippen molar-refractivity contribution >= 4 is 27.6 Å².